The number of hydrogen-bond donors (Lipinski definition) is 1. The van der Waals surface area contributed by atoms with E-state index in [4.69, 9.17) is 4.74 Å². The summed E-state index contributed by atoms with van der Waals surface area (Å²) in [4.78, 5) is 21.2. The van der Waals surface area contributed by atoms with Crippen LogP contribution in [0.3, 0.4) is 0 Å². The Morgan fingerprint density at radius 1 is 1.13 bits per heavy atom. The fourth-order valence-corrected chi connectivity index (χ4v) is 2.66. The van der Waals surface area contributed by atoms with Crippen molar-refractivity contribution in [2.45, 2.75) is 6.61 Å². The van der Waals surface area contributed by atoms with Crippen LogP contribution in [-0.4, -0.2) is 22.5 Å². The minimum Gasteiger partial charge on any atom is -0.460 e. The van der Waals surface area contributed by atoms with Gasteiger partial charge in [0.1, 0.15) is 25.3 Å². The zero-order chi connectivity index (χ0) is 15.9. The van der Waals surface area contributed by atoms with Crippen LogP contribution < -0.4 is 5.32 Å². The van der Waals surface area contributed by atoms with Crippen LogP contribution >= 0.6 is 11.3 Å². The van der Waals surface area contributed by atoms with Crippen LogP contribution in [0.2, 0.25) is 0 Å². The Balaban J connectivity index is 1.52. The summed E-state index contributed by atoms with van der Waals surface area (Å²) in [6.07, 6.45) is 1.48. The Morgan fingerprint density at radius 3 is 2.78 bits per heavy atom. The number of hydrogen-bond acceptors (Lipinski definition) is 6. The molecule has 3 rings (SSSR count). The zero-order valence-electron chi connectivity index (χ0n) is 12.3. The number of benzene rings is 1. The van der Waals surface area contributed by atoms with Crippen LogP contribution in [-0.2, 0) is 16.1 Å². The Labute approximate surface area is 138 Å². The molecule has 116 valence electrons. The third-order valence-electron chi connectivity index (χ3n) is 3.10. The van der Waals surface area contributed by atoms with Crippen molar-refractivity contribution < 1.29 is 9.53 Å². The number of thiophene rings is 1. The summed E-state index contributed by atoms with van der Waals surface area (Å²) in [6.45, 7) is 0.333. The number of aromatic nitrogens is 2. The number of nitrogens with zero attached hydrogens (tertiary/aromatic N) is 2. The number of carbonyl (C=O) groups excluding carboxylic acids is 1. The van der Waals surface area contributed by atoms with Gasteiger partial charge in [0.2, 0.25) is 0 Å². The monoisotopic (exact) mass is 325 g/mol. The molecule has 23 heavy (non-hydrogen) atoms. The van der Waals surface area contributed by atoms with Gasteiger partial charge in [-0.25, -0.2) is 9.97 Å². The van der Waals surface area contributed by atoms with Crippen LogP contribution in [0.5, 0.6) is 0 Å². The normalized spacial score (nSPS) is 10.3. The SMILES string of the molecule is O=C(CNc1cc(-c2cccs2)ncn1)OCc1ccccc1. The molecule has 6 heteroatoms. The first-order valence-corrected chi connectivity index (χ1v) is 7.98. The van der Waals surface area contributed by atoms with Crippen molar-refractivity contribution in [3.8, 4) is 10.6 Å². The van der Waals surface area contributed by atoms with Crippen molar-refractivity contribution in [2.75, 3.05) is 11.9 Å². The summed E-state index contributed by atoms with van der Waals surface area (Å²) in [5.41, 5.74) is 1.79. The van der Waals surface area contributed by atoms with Crippen molar-refractivity contribution in [3.63, 3.8) is 0 Å². The molecule has 0 aliphatic carbocycles. The second kappa shape index (κ2) is 7.51. The second-order valence-electron chi connectivity index (χ2n) is 4.77. The van der Waals surface area contributed by atoms with E-state index < -0.39 is 0 Å². The number of carbonyl (C=O) groups is 1. The quantitative estimate of drug-likeness (QED) is 0.704. The molecule has 0 saturated carbocycles. The Bertz CT molecular complexity index is 761. The lowest BCUT2D eigenvalue weighted by molar-refractivity contribution is -0.142. The van der Waals surface area contributed by atoms with Crippen molar-refractivity contribution >= 4 is 23.1 Å². The number of ether oxygens (including phenoxy) is 1. The molecule has 0 atom stereocenters. The van der Waals surface area contributed by atoms with Gasteiger partial charge >= 0.3 is 5.97 Å². The largest absolute Gasteiger partial charge is 0.460 e. The molecule has 5 nitrogen and oxygen atoms in total. The minimum atomic E-state index is -0.329. The van der Waals surface area contributed by atoms with Gasteiger partial charge in [0.05, 0.1) is 10.6 Å². The van der Waals surface area contributed by atoms with E-state index in [0.29, 0.717) is 5.82 Å². The highest BCUT2D eigenvalue weighted by Gasteiger charge is 2.06. The molecule has 0 aliphatic heterocycles. The molecule has 1 N–H and O–H groups in total. The molecule has 0 saturated heterocycles. The van der Waals surface area contributed by atoms with Gasteiger partial charge in [-0.15, -0.1) is 11.3 Å². The summed E-state index contributed by atoms with van der Waals surface area (Å²) in [5.74, 6) is 0.269. The highest BCUT2D eigenvalue weighted by molar-refractivity contribution is 7.13. The van der Waals surface area contributed by atoms with E-state index in [-0.39, 0.29) is 19.1 Å². The average Bonchev–Trinajstić information content (AvgIpc) is 3.14. The molecular weight excluding hydrogens is 310 g/mol. The van der Waals surface area contributed by atoms with E-state index in [1.165, 1.54) is 6.33 Å². The van der Waals surface area contributed by atoms with Crippen molar-refractivity contribution in [1.82, 2.24) is 9.97 Å². The summed E-state index contributed by atoms with van der Waals surface area (Å²) in [7, 11) is 0. The molecule has 1 aromatic carbocycles. The van der Waals surface area contributed by atoms with E-state index in [2.05, 4.69) is 15.3 Å². The molecule has 0 fully saturated rings. The third-order valence-corrected chi connectivity index (χ3v) is 3.99. The van der Waals surface area contributed by atoms with Gasteiger partial charge in [-0.2, -0.15) is 0 Å². The van der Waals surface area contributed by atoms with Gasteiger partial charge in [-0.05, 0) is 17.0 Å². The van der Waals surface area contributed by atoms with E-state index in [9.17, 15) is 4.79 Å². The van der Waals surface area contributed by atoms with Crippen LogP contribution in [0.15, 0.2) is 60.2 Å². The fraction of sp³-hybridized carbons (Fsp3) is 0.118. The van der Waals surface area contributed by atoms with Crippen molar-refractivity contribution in [1.29, 1.82) is 0 Å². The Kier molecular flexibility index (Phi) is 4.95. The van der Waals surface area contributed by atoms with Crippen molar-refractivity contribution in [2.24, 2.45) is 0 Å². The predicted molar refractivity (Wildman–Crippen MR) is 90.1 cm³/mol. The molecule has 0 unspecified atom stereocenters. The number of nitrogens with one attached hydrogen (secondary N) is 1. The van der Waals surface area contributed by atoms with Crippen LogP contribution in [0.1, 0.15) is 5.56 Å². The molecule has 0 aliphatic rings. The lowest BCUT2D eigenvalue weighted by Crippen LogP contribution is -2.17. The molecule has 0 spiro atoms. The standard InChI is InChI=1S/C17H15N3O2S/c21-17(22-11-13-5-2-1-3-6-13)10-18-16-9-14(19-12-20-16)15-7-4-8-23-15/h1-9,12H,10-11H2,(H,18,19,20). The fourth-order valence-electron chi connectivity index (χ4n) is 1.96. The van der Waals surface area contributed by atoms with Crippen LogP contribution in [0.25, 0.3) is 10.6 Å². The van der Waals surface area contributed by atoms with Crippen LogP contribution in [0, 0.1) is 0 Å². The zero-order valence-corrected chi connectivity index (χ0v) is 13.1. The molecule has 2 aromatic heterocycles. The molecule has 0 radical (unpaired) electrons. The van der Waals surface area contributed by atoms with Gasteiger partial charge in [-0.1, -0.05) is 36.4 Å². The molecular formula is C17H15N3O2S. The third kappa shape index (κ3) is 4.37. The van der Waals surface area contributed by atoms with E-state index >= 15 is 0 Å². The summed E-state index contributed by atoms with van der Waals surface area (Å²) < 4.78 is 5.21. The first-order valence-electron chi connectivity index (χ1n) is 7.10. The Morgan fingerprint density at radius 2 is 2.00 bits per heavy atom. The second-order valence-corrected chi connectivity index (χ2v) is 5.71. The van der Waals surface area contributed by atoms with Gasteiger partial charge < -0.3 is 10.1 Å². The summed E-state index contributed by atoms with van der Waals surface area (Å²) >= 11 is 1.61. The maximum atomic E-state index is 11.8. The number of rotatable bonds is 6. The van der Waals surface area contributed by atoms with E-state index in [0.717, 1.165) is 16.1 Å². The topological polar surface area (TPSA) is 64.1 Å². The lowest BCUT2D eigenvalue weighted by Gasteiger charge is -2.07. The summed E-state index contributed by atoms with van der Waals surface area (Å²) in [6, 6.07) is 15.4. The van der Waals surface area contributed by atoms with Gasteiger partial charge in [0, 0.05) is 6.07 Å². The maximum absolute atomic E-state index is 11.8. The molecule has 0 bridgehead atoms. The first kappa shape index (κ1) is 15.2. The van der Waals surface area contributed by atoms with Gasteiger partial charge in [0.15, 0.2) is 0 Å². The highest BCUT2D eigenvalue weighted by atomic mass is 32.1. The predicted octanol–water partition coefficient (Wildman–Crippen LogP) is 3.36. The average molecular weight is 325 g/mol. The van der Waals surface area contributed by atoms with E-state index in [1.807, 2.05) is 53.9 Å². The van der Waals surface area contributed by atoms with E-state index in [1.54, 1.807) is 11.3 Å². The maximum Gasteiger partial charge on any atom is 0.325 e. The number of anilines is 1. The smallest absolute Gasteiger partial charge is 0.325 e. The molecule has 3 aromatic rings. The van der Waals surface area contributed by atoms with Gasteiger partial charge in [0.25, 0.3) is 0 Å². The lowest BCUT2D eigenvalue weighted by atomic mass is 10.2. The van der Waals surface area contributed by atoms with Crippen molar-refractivity contribution in [3.05, 3.63) is 65.8 Å². The summed E-state index contributed by atoms with van der Waals surface area (Å²) in [5, 5.41) is 4.95. The van der Waals surface area contributed by atoms with Gasteiger partial charge in [-0.3, -0.25) is 4.79 Å². The van der Waals surface area contributed by atoms with Crippen LogP contribution in [0.4, 0.5) is 5.82 Å². The highest BCUT2D eigenvalue weighted by Crippen LogP contribution is 2.23. The minimum absolute atomic E-state index is 0.0632. The Hall–Kier alpha value is -2.73. The molecule has 0 amide bonds. The first-order chi connectivity index (χ1) is 11.3. The number of esters is 1. The molecule has 2 heterocycles.